The second-order valence-electron chi connectivity index (χ2n) is 10.0. The van der Waals surface area contributed by atoms with Gasteiger partial charge in [-0.3, -0.25) is 13.9 Å². The highest BCUT2D eigenvalue weighted by molar-refractivity contribution is 7.92. The van der Waals surface area contributed by atoms with Crippen LogP contribution in [0.5, 0.6) is 0 Å². The predicted octanol–water partition coefficient (Wildman–Crippen LogP) is 4.87. The molecular formula is C31H39N3O4S. The van der Waals surface area contributed by atoms with Crippen molar-refractivity contribution in [2.45, 2.75) is 64.4 Å². The molecule has 1 N–H and O–H groups in total. The number of rotatable bonds is 12. The maximum absolute atomic E-state index is 14.0. The summed E-state index contributed by atoms with van der Waals surface area (Å²) in [6.07, 6.45) is 0.932. The SMILES string of the molecule is CC[C@H](C(=O)NC(C)C)N(CCc1ccccc1)C(=O)CN(c1ccccc1C)S(=O)(=O)c1ccc(C)cc1. The average Bonchev–Trinajstić information content (AvgIpc) is 2.90. The first-order chi connectivity index (χ1) is 18.5. The molecule has 0 fully saturated rings. The van der Waals surface area contributed by atoms with E-state index in [4.69, 9.17) is 0 Å². The second-order valence-corrected chi connectivity index (χ2v) is 11.9. The van der Waals surface area contributed by atoms with E-state index in [9.17, 15) is 18.0 Å². The molecule has 3 aromatic rings. The first-order valence-electron chi connectivity index (χ1n) is 13.3. The summed E-state index contributed by atoms with van der Waals surface area (Å²) in [6, 6.07) is 22.6. The Morgan fingerprint density at radius 3 is 2.08 bits per heavy atom. The standard InChI is InChI=1S/C31H39N3O4S/c1-6-28(31(36)32-23(2)3)33(21-20-26-13-8-7-9-14-26)30(35)22-34(29-15-11-10-12-25(29)5)39(37,38)27-18-16-24(4)17-19-27/h7-19,23,28H,6,20-22H2,1-5H3,(H,32,36)/t28-/m1/s1. The zero-order valence-electron chi connectivity index (χ0n) is 23.4. The Hall–Kier alpha value is -3.65. The lowest BCUT2D eigenvalue weighted by atomic mass is 10.1. The maximum Gasteiger partial charge on any atom is 0.264 e. The van der Waals surface area contributed by atoms with Crippen molar-refractivity contribution >= 4 is 27.5 Å². The molecule has 2 amide bonds. The van der Waals surface area contributed by atoms with E-state index in [1.807, 2.05) is 77.1 Å². The topological polar surface area (TPSA) is 86.8 Å². The van der Waals surface area contributed by atoms with E-state index in [0.717, 1.165) is 21.0 Å². The number of para-hydroxylation sites is 1. The number of benzene rings is 3. The fourth-order valence-corrected chi connectivity index (χ4v) is 5.95. The number of aryl methyl sites for hydroxylation is 2. The molecule has 0 saturated heterocycles. The predicted molar refractivity (Wildman–Crippen MR) is 156 cm³/mol. The molecule has 3 aromatic carbocycles. The number of nitrogens with one attached hydrogen (secondary N) is 1. The fourth-order valence-electron chi connectivity index (χ4n) is 4.47. The van der Waals surface area contributed by atoms with Gasteiger partial charge in [0.05, 0.1) is 10.6 Å². The molecule has 0 spiro atoms. The number of hydrogen-bond donors (Lipinski definition) is 1. The summed E-state index contributed by atoms with van der Waals surface area (Å²) in [6.45, 7) is 9.14. The first-order valence-corrected chi connectivity index (χ1v) is 14.8. The number of carbonyl (C=O) groups excluding carboxylic acids is 2. The van der Waals surface area contributed by atoms with Crippen molar-refractivity contribution in [3.63, 3.8) is 0 Å². The van der Waals surface area contributed by atoms with Crippen molar-refractivity contribution in [1.82, 2.24) is 10.2 Å². The van der Waals surface area contributed by atoms with Gasteiger partial charge in [0.15, 0.2) is 0 Å². The zero-order chi connectivity index (χ0) is 28.6. The van der Waals surface area contributed by atoms with Gasteiger partial charge in [0.1, 0.15) is 12.6 Å². The molecule has 0 aliphatic carbocycles. The largest absolute Gasteiger partial charge is 0.352 e. The van der Waals surface area contributed by atoms with Crippen LogP contribution in [0.4, 0.5) is 5.69 Å². The molecule has 208 valence electrons. The van der Waals surface area contributed by atoms with Crippen LogP contribution in [0.3, 0.4) is 0 Å². The number of hydrogen-bond acceptors (Lipinski definition) is 4. The molecule has 0 bridgehead atoms. The molecule has 3 rings (SSSR count). The van der Waals surface area contributed by atoms with E-state index in [-0.39, 0.29) is 23.4 Å². The van der Waals surface area contributed by atoms with Crippen LogP contribution < -0.4 is 9.62 Å². The van der Waals surface area contributed by atoms with Crippen LogP contribution in [0.25, 0.3) is 0 Å². The van der Waals surface area contributed by atoms with Gasteiger partial charge >= 0.3 is 0 Å². The Balaban J connectivity index is 2.02. The first kappa shape index (κ1) is 29.9. The summed E-state index contributed by atoms with van der Waals surface area (Å²) in [5.74, 6) is -0.687. The molecule has 0 aliphatic heterocycles. The van der Waals surface area contributed by atoms with E-state index in [0.29, 0.717) is 18.5 Å². The summed E-state index contributed by atoms with van der Waals surface area (Å²) >= 11 is 0. The summed E-state index contributed by atoms with van der Waals surface area (Å²) in [5.41, 5.74) is 3.11. The smallest absolute Gasteiger partial charge is 0.264 e. The fraction of sp³-hybridized carbons (Fsp3) is 0.355. The van der Waals surface area contributed by atoms with E-state index in [1.54, 1.807) is 36.4 Å². The van der Waals surface area contributed by atoms with Crippen molar-refractivity contribution in [3.8, 4) is 0 Å². The molecule has 1 atom stereocenters. The number of sulfonamides is 1. The third kappa shape index (κ3) is 7.69. The number of anilines is 1. The summed E-state index contributed by atoms with van der Waals surface area (Å²) in [7, 11) is -4.08. The molecule has 39 heavy (non-hydrogen) atoms. The summed E-state index contributed by atoms with van der Waals surface area (Å²) < 4.78 is 29.0. The van der Waals surface area contributed by atoms with Crippen LogP contribution in [-0.4, -0.2) is 50.3 Å². The Labute approximate surface area is 232 Å². The molecule has 0 aliphatic rings. The van der Waals surface area contributed by atoms with Gasteiger partial charge in [-0.2, -0.15) is 0 Å². The lowest BCUT2D eigenvalue weighted by Gasteiger charge is -2.34. The molecule has 0 unspecified atom stereocenters. The lowest BCUT2D eigenvalue weighted by Crippen LogP contribution is -2.54. The van der Waals surface area contributed by atoms with Gasteiger partial charge in [0.25, 0.3) is 10.0 Å². The maximum atomic E-state index is 14.0. The van der Waals surface area contributed by atoms with Gasteiger partial charge in [-0.1, -0.05) is 73.2 Å². The average molecular weight is 550 g/mol. The van der Waals surface area contributed by atoms with Crippen LogP contribution in [0.2, 0.25) is 0 Å². The highest BCUT2D eigenvalue weighted by atomic mass is 32.2. The Morgan fingerprint density at radius 1 is 0.872 bits per heavy atom. The van der Waals surface area contributed by atoms with Crippen LogP contribution >= 0.6 is 0 Å². The minimum Gasteiger partial charge on any atom is -0.352 e. The van der Waals surface area contributed by atoms with Gasteiger partial charge in [-0.05, 0) is 69.9 Å². The van der Waals surface area contributed by atoms with Gasteiger partial charge in [0.2, 0.25) is 11.8 Å². The van der Waals surface area contributed by atoms with Crippen molar-refractivity contribution in [1.29, 1.82) is 0 Å². The quantitative estimate of drug-likeness (QED) is 0.349. The molecule has 0 heterocycles. The minimum atomic E-state index is -4.08. The molecule has 7 nitrogen and oxygen atoms in total. The van der Waals surface area contributed by atoms with E-state index in [2.05, 4.69) is 5.32 Å². The third-order valence-corrected chi connectivity index (χ3v) is 8.35. The van der Waals surface area contributed by atoms with Gasteiger partial charge < -0.3 is 10.2 Å². The summed E-state index contributed by atoms with van der Waals surface area (Å²) in [5, 5.41) is 2.92. The highest BCUT2D eigenvalue weighted by Gasteiger charge is 2.34. The molecule has 0 radical (unpaired) electrons. The third-order valence-electron chi connectivity index (χ3n) is 6.57. The van der Waals surface area contributed by atoms with E-state index < -0.39 is 28.5 Å². The van der Waals surface area contributed by atoms with Gasteiger partial charge in [0, 0.05) is 12.6 Å². The molecule has 0 aromatic heterocycles. The number of amides is 2. The van der Waals surface area contributed by atoms with Gasteiger partial charge in [-0.25, -0.2) is 8.42 Å². The minimum absolute atomic E-state index is 0.0944. The van der Waals surface area contributed by atoms with E-state index in [1.165, 1.54) is 4.90 Å². The Bertz CT molecular complexity index is 1360. The normalized spacial score (nSPS) is 12.2. The monoisotopic (exact) mass is 549 g/mol. The Kier molecular flexibility index (Phi) is 10.3. The van der Waals surface area contributed by atoms with Crippen molar-refractivity contribution in [3.05, 3.63) is 95.6 Å². The molecule has 8 heteroatoms. The van der Waals surface area contributed by atoms with Crippen LogP contribution in [0.15, 0.2) is 83.8 Å². The zero-order valence-corrected chi connectivity index (χ0v) is 24.2. The van der Waals surface area contributed by atoms with Crippen molar-refractivity contribution in [2.24, 2.45) is 0 Å². The van der Waals surface area contributed by atoms with Crippen molar-refractivity contribution < 1.29 is 18.0 Å². The highest BCUT2D eigenvalue weighted by Crippen LogP contribution is 2.27. The number of carbonyl (C=O) groups is 2. The number of nitrogens with zero attached hydrogens (tertiary/aromatic N) is 2. The lowest BCUT2D eigenvalue weighted by molar-refractivity contribution is -0.139. The van der Waals surface area contributed by atoms with Crippen LogP contribution in [0, 0.1) is 13.8 Å². The molecule has 0 saturated carbocycles. The van der Waals surface area contributed by atoms with E-state index >= 15 is 0 Å². The van der Waals surface area contributed by atoms with Crippen LogP contribution in [0.1, 0.15) is 43.9 Å². The van der Waals surface area contributed by atoms with Gasteiger partial charge in [-0.15, -0.1) is 0 Å². The second kappa shape index (κ2) is 13.4. The Morgan fingerprint density at radius 2 is 1.49 bits per heavy atom. The van der Waals surface area contributed by atoms with Crippen LogP contribution in [-0.2, 0) is 26.0 Å². The molecular weight excluding hydrogens is 510 g/mol. The van der Waals surface area contributed by atoms with Crippen molar-refractivity contribution in [2.75, 3.05) is 17.4 Å². The summed E-state index contributed by atoms with van der Waals surface area (Å²) in [4.78, 5) is 28.8.